The van der Waals surface area contributed by atoms with Gasteiger partial charge in [-0.3, -0.25) is 4.79 Å². The van der Waals surface area contributed by atoms with E-state index in [1.807, 2.05) is 6.92 Å². The van der Waals surface area contributed by atoms with Crippen LogP contribution in [0.1, 0.15) is 24.0 Å². The molecule has 0 aliphatic heterocycles. The number of rotatable bonds is 2. The molecule has 0 unspecified atom stereocenters. The van der Waals surface area contributed by atoms with Crippen molar-refractivity contribution in [2.24, 2.45) is 0 Å². The number of carboxylic acid groups (broad SMARTS) is 1. The molecule has 42 valence electrons. The molecule has 2 nitrogen and oxygen atoms in total. The molecule has 0 bridgehead atoms. The molecule has 0 saturated heterocycles. The summed E-state index contributed by atoms with van der Waals surface area (Å²) in [5.41, 5.74) is 0. The normalized spacial score (nSPS) is 5.44. The summed E-state index contributed by atoms with van der Waals surface area (Å²) in [7, 11) is 0. The average molecular weight is 160 g/mol. The Balaban J connectivity index is -0.00000000833. The van der Waals surface area contributed by atoms with E-state index >= 15 is 0 Å². The number of hydrogen-bond donors (Lipinski definition) is 1. The largest absolute Gasteiger partial charge is 1.00 e. The van der Waals surface area contributed by atoms with Crippen molar-refractivity contribution in [1.82, 2.24) is 0 Å². The maximum Gasteiger partial charge on any atom is 1.00 e. The molecule has 0 saturated carbocycles. The molecule has 1 N–H and O–H groups in total. The first-order valence-corrected chi connectivity index (χ1v) is 1.99. The molecular weight excluding hydrogens is 149 g/mol. The van der Waals surface area contributed by atoms with Crippen LogP contribution in [0.4, 0.5) is 0 Å². The maximum atomic E-state index is 9.60. The van der Waals surface area contributed by atoms with Gasteiger partial charge in [0.15, 0.2) is 0 Å². The van der Waals surface area contributed by atoms with Crippen molar-refractivity contribution < 1.29 is 103 Å². The van der Waals surface area contributed by atoms with Gasteiger partial charge in [-0.1, -0.05) is 6.92 Å². The van der Waals surface area contributed by atoms with Crippen LogP contribution in [0.5, 0.6) is 0 Å². The molecule has 0 radical (unpaired) electrons. The second kappa shape index (κ2) is 16.8. The van der Waals surface area contributed by atoms with Crippen molar-refractivity contribution in [2.75, 3.05) is 0 Å². The van der Waals surface area contributed by atoms with Crippen LogP contribution in [0.2, 0.25) is 0 Å². The molecule has 0 fully saturated rings. The first-order chi connectivity index (χ1) is 2.77. The quantitative estimate of drug-likeness (QED) is 0.407. The minimum atomic E-state index is -0.711. The molecule has 0 aromatic carbocycles. The Labute approximate surface area is 126 Å². The third kappa shape index (κ3) is 25.1. The van der Waals surface area contributed by atoms with E-state index in [-0.39, 0.29) is 93.0 Å². The predicted octanol–water partition coefficient (Wildman–Crippen LogP) is -7.78. The van der Waals surface area contributed by atoms with Gasteiger partial charge in [-0.15, -0.1) is 0 Å². The third-order valence-corrected chi connectivity index (χ3v) is 0.464. The molecule has 0 rings (SSSR count). The molecule has 0 amide bonds. The molecule has 0 aromatic rings. The second-order valence-corrected chi connectivity index (χ2v) is 1.14. The van der Waals surface area contributed by atoms with Gasteiger partial charge in [0.2, 0.25) is 0 Å². The van der Waals surface area contributed by atoms with Crippen molar-refractivity contribution in [3.63, 3.8) is 0 Å². The molecule has 0 heterocycles. The summed E-state index contributed by atoms with van der Waals surface area (Å²) in [5, 5.41) is 7.91. The van der Waals surface area contributed by atoms with Crippen LogP contribution in [0.15, 0.2) is 0 Å². The van der Waals surface area contributed by atoms with Crippen LogP contribution in [0.3, 0.4) is 0 Å². The molecule has 5 heteroatoms. The Morgan fingerprint density at radius 3 is 1.78 bits per heavy atom. The van der Waals surface area contributed by atoms with Gasteiger partial charge >= 0.3 is 94.6 Å². The second-order valence-electron chi connectivity index (χ2n) is 1.14. The SMILES string of the molecule is CCCC(=O)O.[H-].[H-].[H-].[Na+].[Na+].[Na+]. The van der Waals surface area contributed by atoms with E-state index < -0.39 is 5.97 Å². The van der Waals surface area contributed by atoms with E-state index in [9.17, 15) is 4.79 Å². The van der Waals surface area contributed by atoms with Crippen LogP contribution >= 0.6 is 0 Å². The zero-order chi connectivity index (χ0) is 4.99. The van der Waals surface area contributed by atoms with Gasteiger partial charge in [0.25, 0.3) is 0 Å². The zero-order valence-electron chi connectivity index (χ0n) is 9.77. The van der Waals surface area contributed by atoms with Gasteiger partial charge in [-0.25, -0.2) is 0 Å². The fourth-order valence-electron chi connectivity index (χ4n) is 0.214. The first-order valence-electron chi connectivity index (χ1n) is 1.99. The standard InChI is InChI=1S/C4H8O2.3Na.3H/c1-2-3-4(5)6;;;;;;/h2-3H2,1H3,(H,5,6);;;;;;/q;3*+1;3*-1. The van der Waals surface area contributed by atoms with Gasteiger partial charge in [-0.2, -0.15) is 0 Å². The van der Waals surface area contributed by atoms with E-state index in [4.69, 9.17) is 5.11 Å². The molecule has 9 heavy (non-hydrogen) atoms. The predicted molar refractivity (Wildman–Crippen MR) is 25.9 cm³/mol. The summed E-state index contributed by atoms with van der Waals surface area (Å²) in [6.45, 7) is 1.84. The summed E-state index contributed by atoms with van der Waals surface area (Å²) in [6, 6.07) is 0. The van der Waals surface area contributed by atoms with Crippen molar-refractivity contribution >= 4 is 5.97 Å². The number of aliphatic carboxylic acids is 1. The molecule has 0 spiro atoms. The fourth-order valence-corrected chi connectivity index (χ4v) is 0.214. The van der Waals surface area contributed by atoms with Crippen LogP contribution in [-0.4, -0.2) is 11.1 Å². The number of carboxylic acids is 1. The van der Waals surface area contributed by atoms with Crippen molar-refractivity contribution in [2.45, 2.75) is 19.8 Å². The molecule has 0 aliphatic carbocycles. The Bertz CT molecular complexity index is 67.5. The minimum Gasteiger partial charge on any atom is -1.00 e. The average Bonchev–Trinajstić information content (AvgIpc) is 1.35. The summed E-state index contributed by atoms with van der Waals surface area (Å²) in [5.74, 6) is -0.711. The van der Waals surface area contributed by atoms with Crippen LogP contribution < -0.4 is 88.7 Å². The van der Waals surface area contributed by atoms with E-state index in [1.54, 1.807) is 0 Å². The van der Waals surface area contributed by atoms with Gasteiger partial charge in [0.05, 0.1) is 0 Å². The zero-order valence-corrected chi connectivity index (χ0v) is 12.8. The van der Waals surface area contributed by atoms with Gasteiger partial charge in [-0.05, 0) is 6.42 Å². The molecular formula is C4H11Na3O2. The minimum absolute atomic E-state index is 0. The summed E-state index contributed by atoms with van der Waals surface area (Å²) >= 11 is 0. The summed E-state index contributed by atoms with van der Waals surface area (Å²) in [6.07, 6.45) is 1.02. The van der Waals surface area contributed by atoms with Gasteiger partial charge in [0.1, 0.15) is 0 Å². The first kappa shape index (κ1) is 22.5. The van der Waals surface area contributed by atoms with Crippen molar-refractivity contribution in [3.8, 4) is 0 Å². The Kier molecular flexibility index (Phi) is 42.1. The van der Waals surface area contributed by atoms with Crippen LogP contribution in [0.25, 0.3) is 0 Å². The van der Waals surface area contributed by atoms with Gasteiger partial charge in [0, 0.05) is 6.42 Å². The Hall–Kier alpha value is 2.47. The van der Waals surface area contributed by atoms with E-state index in [0.717, 1.165) is 6.42 Å². The fraction of sp³-hybridized carbons (Fsp3) is 0.750. The third-order valence-electron chi connectivity index (χ3n) is 0.464. The van der Waals surface area contributed by atoms with Crippen molar-refractivity contribution in [1.29, 1.82) is 0 Å². The monoisotopic (exact) mass is 160 g/mol. The van der Waals surface area contributed by atoms with E-state index in [2.05, 4.69) is 0 Å². The van der Waals surface area contributed by atoms with E-state index in [1.165, 1.54) is 0 Å². The van der Waals surface area contributed by atoms with Crippen molar-refractivity contribution in [3.05, 3.63) is 0 Å². The maximum absolute atomic E-state index is 9.60. The van der Waals surface area contributed by atoms with Gasteiger partial charge < -0.3 is 9.39 Å². The molecule has 0 atom stereocenters. The smallest absolute Gasteiger partial charge is 1.00 e. The molecule has 0 aromatic heterocycles. The Morgan fingerprint density at radius 2 is 1.78 bits per heavy atom. The van der Waals surface area contributed by atoms with Crippen LogP contribution in [-0.2, 0) is 4.79 Å². The Morgan fingerprint density at radius 1 is 1.44 bits per heavy atom. The summed E-state index contributed by atoms with van der Waals surface area (Å²) in [4.78, 5) is 9.60. The van der Waals surface area contributed by atoms with Crippen LogP contribution in [0, 0.1) is 0 Å². The topological polar surface area (TPSA) is 37.3 Å². The van der Waals surface area contributed by atoms with E-state index in [0.29, 0.717) is 6.42 Å². The molecule has 0 aliphatic rings. The summed E-state index contributed by atoms with van der Waals surface area (Å²) < 4.78 is 0. The number of carbonyl (C=O) groups is 1. The number of hydrogen-bond acceptors (Lipinski definition) is 1.